The van der Waals surface area contributed by atoms with Crippen LogP contribution in [0.3, 0.4) is 0 Å². The number of rotatable bonds is 3. The second kappa shape index (κ2) is 4.42. The summed E-state index contributed by atoms with van der Waals surface area (Å²) >= 11 is 0. The number of carbonyl (C=O) groups excluding carboxylic acids is 1. The van der Waals surface area contributed by atoms with Gasteiger partial charge in [-0.1, -0.05) is 36.4 Å². The predicted octanol–water partition coefficient (Wildman–Crippen LogP) is 2.56. The van der Waals surface area contributed by atoms with Crippen LogP contribution in [0.2, 0.25) is 0 Å². The minimum absolute atomic E-state index is 0.650. The van der Waals surface area contributed by atoms with E-state index in [1.807, 2.05) is 24.3 Å². The fourth-order valence-electron chi connectivity index (χ4n) is 1.50. The highest BCUT2D eigenvalue weighted by Gasteiger charge is 1.91. The molecule has 0 saturated heterocycles. The Morgan fingerprint density at radius 3 is 2.60 bits per heavy atom. The van der Waals surface area contributed by atoms with Crippen molar-refractivity contribution in [1.29, 1.82) is 0 Å². The molecule has 2 rings (SSSR count). The van der Waals surface area contributed by atoms with E-state index in [-0.39, 0.29) is 0 Å². The van der Waals surface area contributed by atoms with Gasteiger partial charge in [0.1, 0.15) is 0 Å². The van der Waals surface area contributed by atoms with E-state index in [1.165, 1.54) is 10.8 Å². The molecule has 0 atom stereocenters. The zero-order valence-corrected chi connectivity index (χ0v) is 8.18. The molecule has 0 saturated carbocycles. The highest BCUT2D eigenvalue weighted by Crippen LogP contribution is 2.16. The zero-order valence-electron chi connectivity index (χ0n) is 8.18. The summed E-state index contributed by atoms with van der Waals surface area (Å²) in [6, 6.07) is 14.3. The second-order valence-electron chi connectivity index (χ2n) is 3.22. The van der Waals surface area contributed by atoms with Crippen LogP contribution in [-0.4, -0.2) is 6.41 Å². The number of carbonyl (C=O) groups is 1. The van der Waals surface area contributed by atoms with E-state index in [0.29, 0.717) is 6.41 Å². The first kappa shape index (κ1) is 9.46. The van der Waals surface area contributed by atoms with E-state index >= 15 is 0 Å². The Labute approximate surface area is 88.2 Å². The lowest BCUT2D eigenvalue weighted by atomic mass is 10.1. The maximum atomic E-state index is 10.0. The Morgan fingerprint density at radius 2 is 1.80 bits per heavy atom. The lowest BCUT2D eigenvalue weighted by Crippen LogP contribution is -1.97. The van der Waals surface area contributed by atoms with E-state index in [4.69, 9.17) is 0 Å². The van der Waals surface area contributed by atoms with Gasteiger partial charge in [-0.2, -0.15) is 0 Å². The lowest BCUT2D eigenvalue weighted by Gasteiger charge is -1.98. The molecule has 2 nitrogen and oxygen atoms in total. The Morgan fingerprint density at radius 1 is 1.00 bits per heavy atom. The molecule has 0 spiro atoms. The summed E-state index contributed by atoms with van der Waals surface area (Å²) in [5.74, 6) is 0. The normalized spacial score (nSPS) is 10.7. The van der Waals surface area contributed by atoms with Gasteiger partial charge in [0.25, 0.3) is 0 Å². The van der Waals surface area contributed by atoms with Crippen molar-refractivity contribution in [2.24, 2.45) is 0 Å². The fraction of sp³-hybridized carbons (Fsp3) is 0. The molecule has 0 aliphatic rings. The van der Waals surface area contributed by atoms with Crippen LogP contribution in [0.4, 0.5) is 0 Å². The minimum atomic E-state index is 0.650. The average Bonchev–Trinajstić information content (AvgIpc) is 2.29. The number of benzene rings is 2. The molecule has 74 valence electrons. The van der Waals surface area contributed by atoms with Crippen LogP contribution >= 0.6 is 0 Å². The Bertz CT molecular complexity index is 503. The first-order valence-corrected chi connectivity index (χ1v) is 4.75. The summed E-state index contributed by atoms with van der Waals surface area (Å²) in [5, 5.41) is 4.90. The summed E-state index contributed by atoms with van der Waals surface area (Å²) in [4.78, 5) is 10.0. The van der Waals surface area contributed by atoms with Crippen molar-refractivity contribution in [3.05, 3.63) is 54.2 Å². The molecule has 0 aromatic heterocycles. The van der Waals surface area contributed by atoms with Gasteiger partial charge in [-0.15, -0.1) is 0 Å². The molecule has 0 radical (unpaired) electrons. The van der Waals surface area contributed by atoms with Crippen molar-refractivity contribution in [3.63, 3.8) is 0 Å². The quantitative estimate of drug-likeness (QED) is 0.753. The van der Waals surface area contributed by atoms with E-state index in [1.54, 1.807) is 6.20 Å². The van der Waals surface area contributed by atoms with Crippen LogP contribution < -0.4 is 5.32 Å². The maximum Gasteiger partial charge on any atom is 0.211 e. The van der Waals surface area contributed by atoms with Crippen LogP contribution in [0.5, 0.6) is 0 Å². The summed E-state index contributed by atoms with van der Waals surface area (Å²) in [5.41, 5.74) is 1.07. The average molecular weight is 197 g/mol. The maximum absolute atomic E-state index is 10.0. The zero-order chi connectivity index (χ0) is 10.5. The molecule has 15 heavy (non-hydrogen) atoms. The fourth-order valence-corrected chi connectivity index (χ4v) is 1.50. The van der Waals surface area contributed by atoms with Gasteiger partial charge in [0.15, 0.2) is 0 Å². The molecular weight excluding hydrogens is 186 g/mol. The molecule has 0 aliphatic heterocycles. The molecule has 0 unspecified atom stereocenters. The standard InChI is InChI=1S/C13H11NO/c15-10-14-8-7-11-5-6-12-3-1-2-4-13(12)9-11/h1-10H,(H,14,15)/b8-7+. The van der Waals surface area contributed by atoms with Crippen molar-refractivity contribution in [3.8, 4) is 0 Å². The molecule has 0 bridgehead atoms. The molecule has 2 aromatic rings. The van der Waals surface area contributed by atoms with Gasteiger partial charge >= 0.3 is 0 Å². The molecule has 0 heterocycles. The lowest BCUT2D eigenvalue weighted by molar-refractivity contribution is -0.108. The molecular formula is C13H11NO. The first-order valence-electron chi connectivity index (χ1n) is 4.75. The van der Waals surface area contributed by atoms with E-state index in [2.05, 4.69) is 29.6 Å². The van der Waals surface area contributed by atoms with Crippen LogP contribution in [0.1, 0.15) is 5.56 Å². The van der Waals surface area contributed by atoms with Gasteiger partial charge in [-0.25, -0.2) is 0 Å². The van der Waals surface area contributed by atoms with Gasteiger partial charge < -0.3 is 5.32 Å². The first-order chi connectivity index (χ1) is 7.40. The topological polar surface area (TPSA) is 29.1 Å². The Balaban J connectivity index is 2.34. The Hall–Kier alpha value is -2.09. The number of fused-ring (bicyclic) bond motifs is 1. The van der Waals surface area contributed by atoms with Crippen molar-refractivity contribution in [2.75, 3.05) is 0 Å². The SMILES string of the molecule is O=CN/C=C/c1ccc2ccccc2c1. The van der Waals surface area contributed by atoms with Gasteiger partial charge in [0.2, 0.25) is 6.41 Å². The van der Waals surface area contributed by atoms with E-state index in [9.17, 15) is 4.79 Å². The highest BCUT2D eigenvalue weighted by molar-refractivity contribution is 5.84. The molecule has 0 aliphatic carbocycles. The number of nitrogens with one attached hydrogen (secondary N) is 1. The van der Waals surface area contributed by atoms with Crippen LogP contribution in [0.25, 0.3) is 16.8 Å². The van der Waals surface area contributed by atoms with Gasteiger partial charge in [0.05, 0.1) is 0 Å². The van der Waals surface area contributed by atoms with Crippen LogP contribution in [-0.2, 0) is 4.79 Å². The summed E-state index contributed by atoms with van der Waals surface area (Å²) < 4.78 is 0. The van der Waals surface area contributed by atoms with Gasteiger partial charge in [-0.05, 0) is 28.5 Å². The molecule has 0 fully saturated rings. The third-order valence-corrected chi connectivity index (χ3v) is 2.21. The number of hydrogen-bond acceptors (Lipinski definition) is 1. The number of hydrogen-bond donors (Lipinski definition) is 1. The van der Waals surface area contributed by atoms with Gasteiger partial charge in [-0.3, -0.25) is 4.79 Å². The molecule has 1 N–H and O–H groups in total. The largest absolute Gasteiger partial charge is 0.335 e. The molecule has 2 aromatic carbocycles. The Kier molecular flexibility index (Phi) is 2.79. The predicted molar refractivity (Wildman–Crippen MR) is 62.2 cm³/mol. The summed E-state index contributed by atoms with van der Waals surface area (Å²) in [6.07, 6.45) is 4.13. The van der Waals surface area contributed by atoms with Crippen molar-refractivity contribution in [2.45, 2.75) is 0 Å². The van der Waals surface area contributed by atoms with E-state index in [0.717, 1.165) is 5.56 Å². The summed E-state index contributed by atoms with van der Waals surface area (Å²) in [6.45, 7) is 0. The second-order valence-corrected chi connectivity index (χ2v) is 3.22. The summed E-state index contributed by atoms with van der Waals surface area (Å²) in [7, 11) is 0. The number of amides is 1. The minimum Gasteiger partial charge on any atom is -0.335 e. The van der Waals surface area contributed by atoms with Crippen molar-refractivity contribution < 1.29 is 4.79 Å². The smallest absolute Gasteiger partial charge is 0.211 e. The van der Waals surface area contributed by atoms with Crippen molar-refractivity contribution >= 4 is 23.3 Å². The van der Waals surface area contributed by atoms with Crippen LogP contribution in [0.15, 0.2) is 48.7 Å². The van der Waals surface area contributed by atoms with E-state index < -0.39 is 0 Å². The van der Waals surface area contributed by atoms with Gasteiger partial charge in [0, 0.05) is 6.20 Å². The third kappa shape index (κ3) is 2.23. The highest BCUT2D eigenvalue weighted by atomic mass is 16.1. The van der Waals surface area contributed by atoms with Crippen LogP contribution in [0, 0.1) is 0 Å². The van der Waals surface area contributed by atoms with Crippen molar-refractivity contribution in [1.82, 2.24) is 5.32 Å². The monoisotopic (exact) mass is 197 g/mol. The molecule has 1 amide bonds. The third-order valence-electron chi connectivity index (χ3n) is 2.21. The molecule has 2 heteroatoms.